The number of hydrogen-bond acceptors (Lipinski definition) is 4. The molecule has 0 aliphatic heterocycles. The van der Waals surface area contributed by atoms with Crippen LogP contribution in [0.3, 0.4) is 0 Å². The summed E-state index contributed by atoms with van der Waals surface area (Å²) in [6, 6.07) is 8.29. The third-order valence-electron chi connectivity index (χ3n) is 2.67. The van der Waals surface area contributed by atoms with Crippen molar-refractivity contribution in [1.29, 1.82) is 0 Å². The Labute approximate surface area is 116 Å². The number of amides is 1. The minimum Gasteiger partial charge on any atom is -0.382 e. The van der Waals surface area contributed by atoms with Gasteiger partial charge in [0.05, 0.1) is 13.2 Å². The van der Waals surface area contributed by atoms with Crippen LogP contribution in [0.25, 0.3) is 10.1 Å². The molecule has 0 spiro atoms. The maximum absolute atomic E-state index is 11.5. The van der Waals surface area contributed by atoms with Crippen LogP contribution in [0.15, 0.2) is 29.6 Å². The first-order chi connectivity index (χ1) is 9.29. The molecule has 2 rings (SSSR count). The van der Waals surface area contributed by atoms with Gasteiger partial charge < -0.3 is 14.8 Å². The van der Waals surface area contributed by atoms with Gasteiger partial charge in [0.1, 0.15) is 6.61 Å². The average molecular weight is 279 g/mol. The molecule has 1 aromatic heterocycles. The van der Waals surface area contributed by atoms with Crippen LogP contribution in [0.4, 0.5) is 0 Å². The first-order valence-electron chi connectivity index (χ1n) is 6.09. The number of benzene rings is 1. The summed E-state index contributed by atoms with van der Waals surface area (Å²) < 4.78 is 11.2. The first kappa shape index (κ1) is 14.0. The normalized spacial score (nSPS) is 10.8. The molecule has 0 atom stereocenters. The number of rotatable bonds is 7. The van der Waals surface area contributed by atoms with E-state index in [-0.39, 0.29) is 12.5 Å². The van der Waals surface area contributed by atoms with E-state index in [1.807, 2.05) is 6.07 Å². The zero-order valence-corrected chi connectivity index (χ0v) is 11.7. The number of methoxy groups -OCH3 is 1. The number of thiophene rings is 1. The molecule has 19 heavy (non-hydrogen) atoms. The van der Waals surface area contributed by atoms with Crippen LogP contribution >= 0.6 is 11.3 Å². The van der Waals surface area contributed by atoms with Gasteiger partial charge in [0, 0.05) is 18.4 Å². The van der Waals surface area contributed by atoms with E-state index in [0.29, 0.717) is 19.8 Å². The van der Waals surface area contributed by atoms with Crippen molar-refractivity contribution in [2.24, 2.45) is 0 Å². The fraction of sp³-hybridized carbons (Fsp3) is 0.357. The molecule has 0 saturated carbocycles. The van der Waals surface area contributed by atoms with E-state index in [0.717, 1.165) is 5.56 Å². The van der Waals surface area contributed by atoms with Gasteiger partial charge in [-0.1, -0.05) is 6.07 Å². The molecule has 1 amide bonds. The molecule has 1 heterocycles. The third-order valence-corrected chi connectivity index (χ3v) is 3.57. The largest absolute Gasteiger partial charge is 0.382 e. The van der Waals surface area contributed by atoms with Crippen molar-refractivity contribution in [2.45, 2.75) is 6.54 Å². The molecule has 0 bridgehead atoms. The van der Waals surface area contributed by atoms with Crippen LogP contribution in [0.2, 0.25) is 0 Å². The molecule has 0 fully saturated rings. The lowest BCUT2D eigenvalue weighted by Crippen LogP contribution is -2.27. The van der Waals surface area contributed by atoms with Gasteiger partial charge in [-0.25, -0.2) is 0 Å². The molecule has 2 aromatic rings. The highest BCUT2D eigenvalue weighted by atomic mass is 32.1. The zero-order chi connectivity index (χ0) is 13.5. The van der Waals surface area contributed by atoms with Crippen molar-refractivity contribution < 1.29 is 14.3 Å². The highest BCUT2D eigenvalue weighted by Crippen LogP contribution is 2.21. The Morgan fingerprint density at radius 2 is 2.21 bits per heavy atom. The van der Waals surface area contributed by atoms with Crippen molar-refractivity contribution in [2.75, 3.05) is 26.9 Å². The molecule has 1 N–H and O–H groups in total. The van der Waals surface area contributed by atoms with E-state index < -0.39 is 0 Å². The van der Waals surface area contributed by atoms with Crippen molar-refractivity contribution >= 4 is 27.3 Å². The second-order valence-electron chi connectivity index (χ2n) is 4.11. The minimum atomic E-state index is -0.110. The van der Waals surface area contributed by atoms with Crippen LogP contribution in [-0.4, -0.2) is 32.8 Å². The Morgan fingerprint density at radius 1 is 1.32 bits per heavy atom. The molecule has 102 valence electrons. The summed E-state index contributed by atoms with van der Waals surface area (Å²) >= 11 is 1.72. The van der Waals surface area contributed by atoms with Crippen molar-refractivity contribution in [3.05, 3.63) is 35.2 Å². The minimum absolute atomic E-state index is 0.0735. The lowest BCUT2D eigenvalue weighted by Gasteiger charge is -2.06. The highest BCUT2D eigenvalue weighted by Gasteiger charge is 2.02. The Kier molecular flexibility index (Phi) is 5.32. The van der Waals surface area contributed by atoms with Gasteiger partial charge in [-0.3, -0.25) is 4.79 Å². The van der Waals surface area contributed by atoms with Crippen LogP contribution in [0.1, 0.15) is 5.56 Å². The number of hydrogen-bond donors (Lipinski definition) is 1. The van der Waals surface area contributed by atoms with Gasteiger partial charge in [-0.05, 0) is 34.5 Å². The number of carbonyl (C=O) groups is 1. The Morgan fingerprint density at radius 3 is 3.05 bits per heavy atom. The number of nitrogens with one attached hydrogen (secondary N) is 1. The molecule has 1 aromatic carbocycles. The number of fused-ring (bicyclic) bond motifs is 1. The summed E-state index contributed by atoms with van der Waals surface area (Å²) in [6.45, 7) is 1.54. The smallest absolute Gasteiger partial charge is 0.246 e. The van der Waals surface area contributed by atoms with Crippen molar-refractivity contribution in [3.63, 3.8) is 0 Å². The lowest BCUT2D eigenvalue weighted by molar-refractivity contribution is -0.126. The van der Waals surface area contributed by atoms with Gasteiger partial charge in [0.25, 0.3) is 0 Å². The molecule has 4 nitrogen and oxygen atoms in total. The van der Waals surface area contributed by atoms with Gasteiger partial charge >= 0.3 is 0 Å². The standard InChI is InChI=1S/C14H17NO3S/c1-17-5-6-18-10-14(16)15-9-11-2-3-13-12(8-11)4-7-19-13/h2-4,7-8H,5-6,9-10H2,1H3,(H,15,16). The third kappa shape index (κ3) is 4.31. The Balaban J connectivity index is 1.76. The van der Waals surface area contributed by atoms with E-state index in [1.165, 1.54) is 10.1 Å². The maximum atomic E-state index is 11.5. The van der Waals surface area contributed by atoms with Gasteiger partial charge in [-0.15, -0.1) is 11.3 Å². The van der Waals surface area contributed by atoms with E-state index in [4.69, 9.17) is 9.47 Å². The van der Waals surface area contributed by atoms with E-state index in [1.54, 1.807) is 18.4 Å². The topological polar surface area (TPSA) is 47.6 Å². The summed E-state index contributed by atoms with van der Waals surface area (Å²) in [5.41, 5.74) is 1.09. The van der Waals surface area contributed by atoms with Crippen LogP contribution < -0.4 is 5.32 Å². The monoisotopic (exact) mass is 279 g/mol. The average Bonchev–Trinajstić information content (AvgIpc) is 2.89. The van der Waals surface area contributed by atoms with Gasteiger partial charge in [0.15, 0.2) is 0 Å². The summed E-state index contributed by atoms with van der Waals surface area (Å²) in [6.07, 6.45) is 0. The van der Waals surface area contributed by atoms with Gasteiger partial charge in [0.2, 0.25) is 5.91 Å². The maximum Gasteiger partial charge on any atom is 0.246 e. The Hall–Kier alpha value is -1.43. The zero-order valence-electron chi connectivity index (χ0n) is 10.8. The van der Waals surface area contributed by atoms with E-state index >= 15 is 0 Å². The summed E-state index contributed by atoms with van der Waals surface area (Å²) in [7, 11) is 1.60. The van der Waals surface area contributed by atoms with Crippen LogP contribution in [0.5, 0.6) is 0 Å². The second kappa shape index (κ2) is 7.23. The predicted octanol–water partition coefficient (Wildman–Crippen LogP) is 2.18. The van der Waals surface area contributed by atoms with Crippen molar-refractivity contribution in [1.82, 2.24) is 5.32 Å². The van der Waals surface area contributed by atoms with E-state index in [2.05, 4.69) is 28.9 Å². The molecule has 0 aliphatic carbocycles. The summed E-state index contributed by atoms with van der Waals surface area (Å²) in [5, 5.41) is 6.11. The fourth-order valence-electron chi connectivity index (χ4n) is 1.68. The highest BCUT2D eigenvalue weighted by molar-refractivity contribution is 7.17. The SMILES string of the molecule is COCCOCC(=O)NCc1ccc2sccc2c1. The molecule has 0 aliphatic rings. The lowest BCUT2D eigenvalue weighted by atomic mass is 10.2. The Bertz CT molecular complexity index is 538. The quantitative estimate of drug-likeness (QED) is 0.790. The van der Waals surface area contributed by atoms with E-state index in [9.17, 15) is 4.79 Å². The second-order valence-corrected chi connectivity index (χ2v) is 5.06. The summed E-state index contributed by atoms with van der Waals surface area (Å²) in [5.74, 6) is -0.110. The first-order valence-corrected chi connectivity index (χ1v) is 6.97. The van der Waals surface area contributed by atoms with Crippen LogP contribution in [-0.2, 0) is 20.8 Å². The molecule has 0 radical (unpaired) electrons. The predicted molar refractivity (Wildman–Crippen MR) is 76.4 cm³/mol. The molecule has 0 saturated heterocycles. The van der Waals surface area contributed by atoms with Crippen molar-refractivity contribution in [3.8, 4) is 0 Å². The molecular formula is C14H17NO3S. The number of carbonyl (C=O) groups excluding carboxylic acids is 1. The van der Waals surface area contributed by atoms with Crippen LogP contribution in [0, 0.1) is 0 Å². The molecule has 5 heteroatoms. The van der Waals surface area contributed by atoms with Gasteiger partial charge in [-0.2, -0.15) is 0 Å². The molecule has 0 unspecified atom stereocenters. The summed E-state index contributed by atoms with van der Waals surface area (Å²) in [4.78, 5) is 11.5. The fourth-order valence-corrected chi connectivity index (χ4v) is 2.46. The molecular weight excluding hydrogens is 262 g/mol. The number of ether oxygens (including phenoxy) is 2.